The molecular weight excluding hydrogens is 304 g/mol. The minimum atomic E-state index is -0.109. The number of hydrogen-bond acceptors (Lipinski definition) is 3. The lowest BCUT2D eigenvalue weighted by Crippen LogP contribution is -2.14. The van der Waals surface area contributed by atoms with E-state index in [0.717, 1.165) is 5.56 Å². The summed E-state index contributed by atoms with van der Waals surface area (Å²) in [6, 6.07) is 16.7. The molecule has 1 N–H and O–H groups in total. The number of carbonyl (C=O) groups excluding carboxylic acids is 1. The van der Waals surface area contributed by atoms with E-state index in [0.29, 0.717) is 27.8 Å². The lowest BCUT2D eigenvalue weighted by atomic mass is 10.1. The lowest BCUT2D eigenvalue weighted by Gasteiger charge is -2.07. The summed E-state index contributed by atoms with van der Waals surface area (Å²) >= 11 is 7.44. The molecule has 21 heavy (non-hydrogen) atoms. The van der Waals surface area contributed by atoms with E-state index in [1.807, 2.05) is 30.3 Å². The van der Waals surface area contributed by atoms with Crippen LogP contribution in [0.2, 0.25) is 5.02 Å². The maximum atomic E-state index is 11.9. The van der Waals surface area contributed by atoms with Crippen LogP contribution in [-0.2, 0) is 10.5 Å². The largest absolute Gasteiger partial charge is 0.324 e. The normalized spacial score (nSPS) is 9.90. The van der Waals surface area contributed by atoms with Crippen molar-refractivity contribution in [3.8, 4) is 6.07 Å². The molecule has 0 saturated carbocycles. The second-order valence-corrected chi connectivity index (χ2v) is 5.68. The van der Waals surface area contributed by atoms with Gasteiger partial charge in [0.1, 0.15) is 0 Å². The predicted octanol–water partition coefficient (Wildman–Crippen LogP) is 4.08. The molecule has 3 nitrogen and oxygen atoms in total. The SMILES string of the molecule is N#Cc1ccccc1CSCC(=O)Nc1ccccc1Cl. The van der Waals surface area contributed by atoms with Gasteiger partial charge in [0.15, 0.2) is 0 Å². The molecule has 0 aliphatic carbocycles. The van der Waals surface area contributed by atoms with Gasteiger partial charge in [0.2, 0.25) is 5.91 Å². The molecule has 0 aromatic heterocycles. The molecule has 106 valence electrons. The number of halogens is 1. The number of nitrogens with one attached hydrogen (secondary N) is 1. The molecule has 0 aliphatic heterocycles. The summed E-state index contributed by atoms with van der Waals surface area (Å²) in [5.74, 6) is 0.826. The first kappa shape index (κ1) is 15.4. The standard InChI is InChI=1S/C16H13ClN2OS/c17-14-7-3-4-8-15(14)19-16(20)11-21-10-13-6-2-1-5-12(13)9-18/h1-8H,10-11H2,(H,19,20). The highest BCUT2D eigenvalue weighted by atomic mass is 35.5. The first-order valence-electron chi connectivity index (χ1n) is 6.31. The van der Waals surface area contributed by atoms with Crippen LogP contribution >= 0.6 is 23.4 Å². The van der Waals surface area contributed by atoms with Gasteiger partial charge in [0, 0.05) is 5.75 Å². The number of nitriles is 1. The highest BCUT2D eigenvalue weighted by molar-refractivity contribution is 7.99. The van der Waals surface area contributed by atoms with Crippen LogP contribution in [0.1, 0.15) is 11.1 Å². The Morgan fingerprint density at radius 2 is 1.90 bits per heavy atom. The Morgan fingerprint density at radius 1 is 1.19 bits per heavy atom. The predicted molar refractivity (Wildman–Crippen MR) is 87.4 cm³/mol. The number of hydrogen-bond donors (Lipinski definition) is 1. The quantitative estimate of drug-likeness (QED) is 0.904. The van der Waals surface area contributed by atoms with Crippen molar-refractivity contribution in [2.75, 3.05) is 11.1 Å². The third-order valence-corrected chi connectivity index (χ3v) is 4.09. The Labute approximate surface area is 132 Å². The molecular formula is C16H13ClN2OS. The molecule has 0 radical (unpaired) electrons. The van der Waals surface area contributed by atoms with E-state index < -0.39 is 0 Å². The molecule has 1 amide bonds. The van der Waals surface area contributed by atoms with Crippen molar-refractivity contribution in [1.82, 2.24) is 0 Å². The maximum Gasteiger partial charge on any atom is 0.234 e. The smallest absolute Gasteiger partial charge is 0.234 e. The molecule has 0 fully saturated rings. The number of carbonyl (C=O) groups is 1. The van der Waals surface area contributed by atoms with Gasteiger partial charge in [0.25, 0.3) is 0 Å². The molecule has 0 aliphatic rings. The Balaban J connectivity index is 1.85. The topological polar surface area (TPSA) is 52.9 Å². The van der Waals surface area contributed by atoms with Crippen LogP contribution in [0.15, 0.2) is 48.5 Å². The van der Waals surface area contributed by atoms with E-state index >= 15 is 0 Å². The fourth-order valence-electron chi connectivity index (χ4n) is 1.76. The van der Waals surface area contributed by atoms with Crippen LogP contribution < -0.4 is 5.32 Å². The molecule has 2 rings (SSSR count). The fourth-order valence-corrected chi connectivity index (χ4v) is 2.77. The van der Waals surface area contributed by atoms with E-state index in [2.05, 4.69) is 11.4 Å². The van der Waals surface area contributed by atoms with Crippen molar-refractivity contribution in [2.45, 2.75) is 5.75 Å². The van der Waals surface area contributed by atoms with Crippen LogP contribution in [0.5, 0.6) is 0 Å². The monoisotopic (exact) mass is 316 g/mol. The molecule has 0 heterocycles. The average molecular weight is 317 g/mol. The minimum Gasteiger partial charge on any atom is -0.324 e. The third-order valence-electron chi connectivity index (χ3n) is 2.78. The summed E-state index contributed by atoms with van der Waals surface area (Å²) < 4.78 is 0. The van der Waals surface area contributed by atoms with Crippen molar-refractivity contribution in [3.63, 3.8) is 0 Å². The van der Waals surface area contributed by atoms with Crippen LogP contribution in [0, 0.1) is 11.3 Å². The van der Waals surface area contributed by atoms with Crippen LogP contribution in [0.25, 0.3) is 0 Å². The Bertz CT molecular complexity index is 682. The molecule has 0 bridgehead atoms. The van der Waals surface area contributed by atoms with Crippen LogP contribution in [0.3, 0.4) is 0 Å². The summed E-state index contributed by atoms with van der Waals surface area (Å²) in [6.45, 7) is 0. The summed E-state index contributed by atoms with van der Waals surface area (Å²) in [5, 5.41) is 12.3. The van der Waals surface area contributed by atoms with Crippen molar-refractivity contribution < 1.29 is 4.79 Å². The molecule has 2 aromatic rings. The van der Waals surface area contributed by atoms with Crippen molar-refractivity contribution in [3.05, 3.63) is 64.7 Å². The van der Waals surface area contributed by atoms with Gasteiger partial charge >= 0.3 is 0 Å². The Morgan fingerprint density at radius 3 is 2.67 bits per heavy atom. The van der Waals surface area contributed by atoms with E-state index in [-0.39, 0.29) is 5.91 Å². The molecule has 5 heteroatoms. The van der Waals surface area contributed by atoms with Gasteiger partial charge in [-0.25, -0.2) is 0 Å². The van der Waals surface area contributed by atoms with Crippen molar-refractivity contribution in [1.29, 1.82) is 5.26 Å². The van der Waals surface area contributed by atoms with Crippen molar-refractivity contribution in [2.24, 2.45) is 0 Å². The number of rotatable bonds is 5. The summed E-state index contributed by atoms with van der Waals surface area (Å²) in [5.41, 5.74) is 2.20. The molecule has 0 saturated heterocycles. The number of para-hydroxylation sites is 1. The Hall–Kier alpha value is -1.96. The van der Waals surface area contributed by atoms with E-state index in [9.17, 15) is 4.79 Å². The lowest BCUT2D eigenvalue weighted by molar-refractivity contribution is -0.113. The zero-order valence-electron chi connectivity index (χ0n) is 11.2. The first-order chi connectivity index (χ1) is 10.2. The van der Waals surface area contributed by atoms with Gasteiger partial charge in [0.05, 0.1) is 28.1 Å². The number of benzene rings is 2. The second kappa shape index (κ2) is 7.72. The number of thioether (sulfide) groups is 1. The first-order valence-corrected chi connectivity index (χ1v) is 7.84. The zero-order chi connectivity index (χ0) is 15.1. The number of anilines is 1. The molecule has 0 unspecified atom stereocenters. The number of amides is 1. The van der Waals surface area contributed by atoms with Gasteiger partial charge in [-0.1, -0.05) is 41.9 Å². The maximum absolute atomic E-state index is 11.9. The van der Waals surface area contributed by atoms with Crippen LogP contribution in [0.4, 0.5) is 5.69 Å². The summed E-state index contributed by atoms with van der Waals surface area (Å²) in [4.78, 5) is 11.9. The van der Waals surface area contributed by atoms with Crippen LogP contribution in [-0.4, -0.2) is 11.7 Å². The highest BCUT2D eigenvalue weighted by Gasteiger charge is 2.07. The van der Waals surface area contributed by atoms with Gasteiger partial charge in [-0.15, -0.1) is 11.8 Å². The fraction of sp³-hybridized carbons (Fsp3) is 0.125. The second-order valence-electron chi connectivity index (χ2n) is 4.29. The van der Waals surface area contributed by atoms with Gasteiger partial charge in [-0.05, 0) is 23.8 Å². The third kappa shape index (κ3) is 4.52. The molecule has 0 spiro atoms. The summed E-state index contributed by atoms with van der Waals surface area (Å²) in [7, 11) is 0. The average Bonchev–Trinajstić information content (AvgIpc) is 2.50. The van der Waals surface area contributed by atoms with E-state index in [1.54, 1.807) is 18.2 Å². The van der Waals surface area contributed by atoms with Gasteiger partial charge < -0.3 is 5.32 Å². The number of nitrogens with zero attached hydrogens (tertiary/aromatic N) is 1. The summed E-state index contributed by atoms with van der Waals surface area (Å²) in [6.07, 6.45) is 0. The zero-order valence-corrected chi connectivity index (χ0v) is 12.7. The van der Waals surface area contributed by atoms with E-state index in [4.69, 9.17) is 16.9 Å². The van der Waals surface area contributed by atoms with Crippen molar-refractivity contribution >= 4 is 35.0 Å². The molecule has 0 atom stereocenters. The van der Waals surface area contributed by atoms with E-state index in [1.165, 1.54) is 11.8 Å². The van der Waals surface area contributed by atoms with Gasteiger partial charge in [-0.2, -0.15) is 5.26 Å². The Kier molecular flexibility index (Phi) is 5.68. The minimum absolute atomic E-state index is 0.109. The highest BCUT2D eigenvalue weighted by Crippen LogP contribution is 2.21. The van der Waals surface area contributed by atoms with Gasteiger partial charge in [-0.3, -0.25) is 4.79 Å². The molecule has 2 aromatic carbocycles.